The molecule has 0 saturated carbocycles. The van der Waals surface area contributed by atoms with Crippen molar-refractivity contribution in [2.75, 3.05) is 0 Å². The standard InChI is InChI=1S/C26H16O2/c27-25-21-13-5-1-9-17(21)18-10-2-6-14-22(18)26(28)24-16-8-4-12-20(24)19-11-3-7-15-23(19)25/h1-16H. The lowest BCUT2D eigenvalue weighted by atomic mass is 9.83. The lowest BCUT2D eigenvalue weighted by molar-refractivity contribution is 0.102. The number of fused-ring (bicyclic) bond motifs is 6. The molecular formula is C26H16O2. The fourth-order valence-corrected chi connectivity index (χ4v) is 3.95. The minimum absolute atomic E-state index is 0.0369. The number of hydrogen-bond acceptors (Lipinski definition) is 2. The Kier molecular flexibility index (Phi) is 3.77. The summed E-state index contributed by atoms with van der Waals surface area (Å²) < 4.78 is 0. The average Bonchev–Trinajstić information content (AvgIpc) is 2.78. The van der Waals surface area contributed by atoms with E-state index in [0.29, 0.717) is 22.3 Å². The van der Waals surface area contributed by atoms with Crippen LogP contribution in [0.3, 0.4) is 0 Å². The number of hydrogen-bond donors (Lipinski definition) is 0. The van der Waals surface area contributed by atoms with Gasteiger partial charge in [0.1, 0.15) is 0 Å². The topological polar surface area (TPSA) is 34.1 Å². The van der Waals surface area contributed by atoms with Crippen molar-refractivity contribution < 1.29 is 9.59 Å². The van der Waals surface area contributed by atoms with E-state index in [-0.39, 0.29) is 11.6 Å². The van der Waals surface area contributed by atoms with Gasteiger partial charge in [-0.25, -0.2) is 0 Å². The van der Waals surface area contributed by atoms with Crippen molar-refractivity contribution in [1.29, 1.82) is 0 Å². The predicted molar refractivity (Wildman–Crippen MR) is 111 cm³/mol. The molecule has 0 saturated heterocycles. The van der Waals surface area contributed by atoms with Gasteiger partial charge in [-0.2, -0.15) is 0 Å². The van der Waals surface area contributed by atoms with Crippen LogP contribution < -0.4 is 0 Å². The number of carbonyl (C=O) groups is 2. The fraction of sp³-hybridized carbons (Fsp3) is 0. The zero-order valence-electron chi connectivity index (χ0n) is 15.1. The van der Waals surface area contributed by atoms with Gasteiger partial charge in [-0.1, -0.05) is 97.1 Å². The third-order valence-corrected chi connectivity index (χ3v) is 5.27. The van der Waals surface area contributed by atoms with Crippen molar-refractivity contribution in [3.05, 3.63) is 119 Å². The van der Waals surface area contributed by atoms with Crippen LogP contribution in [-0.2, 0) is 0 Å². The van der Waals surface area contributed by atoms with Crippen molar-refractivity contribution in [2.45, 2.75) is 0 Å². The molecule has 28 heavy (non-hydrogen) atoms. The summed E-state index contributed by atoms with van der Waals surface area (Å²) in [6, 6.07) is 30.1. The van der Waals surface area contributed by atoms with Crippen LogP contribution >= 0.6 is 0 Å². The van der Waals surface area contributed by atoms with E-state index in [2.05, 4.69) is 0 Å². The second-order valence-corrected chi connectivity index (χ2v) is 6.84. The zero-order chi connectivity index (χ0) is 19.1. The molecule has 1 aliphatic carbocycles. The Hall–Kier alpha value is -3.78. The summed E-state index contributed by atoms with van der Waals surface area (Å²) in [7, 11) is 0. The average molecular weight is 360 g/mol. The lowest BCUT2D eigenvalue weighted by Crippen LogP contribution is -2.12. The van der Waals surface area contributed by atoms with Gasteiger partial charge in [0.15, 0.2) is 11.6 Å². The lowest BCUT2D eigenvalue weighted by Gasteiger charge is -2.19. The summed E-state index contributed by atoms with van der Waals surface area (Å²) in [6.45, 7) is 0. The summed E-state index contributed by atoms with van der Waals surface area (Å²) >= 11 is 0. The summed E-state index contributed by atoms with van der Waals surface area (Å²) in [5, 5.41) is 0. The smallest absolute Gasteiger partial charge is 0.194 e. The first-order valence-electron chi connectivity index (χ1n) is 9.22. The van der Waals surface area contributed by atoms with Crippen LogP contribution in [0.5, 0.6) is 0 Å². The maximum Gasteiger partial charge on any atom is 0.194 e. The molecule has 0 aromatic heterocycles. The third kappa shape index (κ3) is 2.43. The van der Waals surface area contributed by atoms with Crippen LogP contribution in [-0.4, -0.2) is 11.6 Å². The Labute approximate surface area is 163 Å². The first-order chi connectivity index (χ1) is 13.8. The Bertz CT molecular complexity index is 1060. The fourth-order valence-electron chi connectivity index (χ4n) is 3.95. The molecule has 4 aromatic carbocycles. The van der Waals surface area contributed by atoms with Gasteiger partial charge in [-0.3, -0.25) is 9.59 Å². The molecule has 1 aliphatic rings. The van der Waals surface area contributed by atoms with Crippen molar-refractivity contribution in [2.24, 2.45) is 0 Å². The van der Waals surface area contributed by atoms with E-state index >= 15 is 0 Å². The minimum Gasteiger partial charge on any atom is -0.289 e. The molecule has 0 amide bonds. The molecule has 0 N–H and O–H groups in total. The van der Waals surface area contributed by atoms with Crippen LogP contribution in [0.25, 0.3) is 22.3 Å². The maximum absolute atomic E-state index is 13.6. The molecule has 2 heteroatoms. The first kappa shape index (κ1) is 16.4. The highest BCUT2D eigenvalue weighted by Crippen LogP contribution is 2.36. The molecule has 0 spiro atoms. The van der Waals surface area contributed by atoms with E-state index < -0.39 is 0 Å². The normalized spacial score (nSPS) is 12.4. The summed E-state index contributed by atoms with van der Waals surface area (Å²) in [6.07, 6.45) is 0. The number of benzene rings is 4. The Morgan fingerprint density at radius 1 is 0.286 bits per heavy atom. The van der Waals surface area contributed by atoms with Crippen molar-refractivity contribution in [3.8, 4) is 22.3 Å². The van der Waals surface area contributed by atoms with Crippen LogP contribution in [0.4, 0.5) is 0 Å². The minimum atomic E-state index is -0.0369. The molecule has 5 rings (SSSR count). The number of rotatable bonds is 0. The van der Waals surface area contributed by atoms with Crippen molar-refractivity contribution in [3.63, 3.8) is 0 Å². The van der Waals surface area contributed by atoms with E-state index in [4.69, 9.17) is 0 Å². The van der Waals surface area contributed by atoms with E-state index in [1.165, 1.54) is 0 Å². The van der Waals surface area contributed by atoms with Crippen LogP contribution in [0.15, 0.2) is 97.1 Å². The SMILES string of the molecule is O=C1c2ccccc2-c2ccccc2C(=O)c2ccccc2-c2ccccc21. The third-order valence-electron chi connectivity index (χ3n) is 5.27. The molecule has 0 bridgehead atoms. The van der Waals surface area contributed by atoms with Gasteiger partial charge >= 0.3 is 0 Å². The first-order valence-corrected chi connectivity index (χ1v) is 9.22. The molecule has 0 heterocycles. The second-order valence-electron chi connectivity index (χ2n) is 6.84. The molecule has 0 atom stereocenters. The van der Waals surface area contributed by atoms with Crippen molar-refractivity contribution >= 4 is 11.6 Å². The number of ketones is 2. The monoisotopic (exact) mass is 360 g/mol. The van der Waals surface area contributed by atoms with Crippen LogP contribution in [0.1, 0.15) is 31.8 Å². The van der Waals surface area contributed by atoms with Gasteiger partial charge in [0.2, 0.25) is 0 Å². The van der Waals surface area contributed by atoms with Gasteiger partial charge in [0, 0.05) is 22.3 Å². The van der Waals surface area contributed by atoms with Gasteiger partial charge in [-0.15, -0.1) is 0 Å². The highest BCUT2D eigenvalue weighted by atomic mass is 16.1. The highest BCUT2D eigenvalue weighted by Gasteiger charge is 2.25. The van der Waals surface area contributed by atoms with Crippen LogP contribution in [0, 0.1) is 0 Å². The molecule has 132 valence electrons. The number of carbonyl (C=O) groups excluding carboxylic acids is 2. The largest absolute Gasteiger partial charge is 0.289 e. The maximum atomic E-state index is 13.6. The Morgan fingerprint density at radius 3 is 0.679 bits per heavy atom. The highest BCUT2D eigenvalue weighted by molar-refractivity contribution is 6.22. The molecule has 0 fully saturated rings. The van der Waals surface area contributed by atoms with E-state index in [0.717, 1.165) is 22.3 Å². The Balaban J connectivity index is 1.95. The summed E-state index contributed by atoms with van der Waals surface area (Å²) in [4.78, 5) is 27.1. The predicted octanol–water partition coefficient (Wildman–Crippen LogP) is 5.80. The Morgan fingerprint density at radius 2 is 0.464 bits per heavy atom. The van der Waals surface area contributed by atoms with Crippen molar-refractivity contribution in [1.82, 2.24) is 0 Å². The summed E-state index contributed by atoms with van der Waals surface area (Å²) in [5.41, 5.74) is 5.56. The molecule has 2 nitrogen and oxygen atoms in total. The summed E-state index contributed by atoms with van der Waals surface area (Å²) in [5.74, 6) is -0.0738. The molecular weight excluding hydrogens is 344 g/mol. The van der Waals surface area contributed by atoms with Gasteiger partial charge in [0.05, 0.1) is 0 Å². The second kappa shape index (κ2) is 6.43. The van der Waals surface area contributed by atoms with Gasteiger partial charge in [0.25, 0.3) is 0 Å². The van der Waals surface area contributed by atoms with Gasteiger partial charge in [-0.05, 0) is 22.3 Å². The molecule has 4 aromatic rings. The van der Waals surface area contributed by atoms with E-state index in [1.54, 1.807) is 0 Å². The van der Waals surface area contributed by atoms with E-state index in [9.17, 15) is 9.59 Å². The zero-order valence-corrected chi connectivity index (χ0v) is 15.1. The van der Waals surface area contributed by atoms with E-state index in [1.807, 2.05) is 97.1 Å². The quantitative estimate of drug-likeness (QED) is 0.350. The van der Waals surface area contributed by atoms with Crippen LogP contribution in [0.2, 0.25) is 0 Å². The molecule has 0 unspecified atom stereocenters. The molecule has 0 aliphatic heterocycles. The molecule has 0 radical (unpaired) electrons. The van der Waals surface area contributed by atoms with Gasteiger partial charge < -0.3 is 0 Å².